The summed E-state index contributed by atoms with van der Waals surface area (Å²) in [6, 6.07) is 16.7. The first-order chi connectivity index (χ1) is 14.1. The molecule has 1 radical (unpaired) electrons. The first-order valence-electron chi connectivity index (χ1n) is 8.94. The molecule has 0 fully saturated rings. The molecule has 0 spiro atoms. The molecule has 0 aliphatic heterocycles. The standard InChI is InChI=1S/C22H19N2O5S/c1-30(28,29)20-8-3-2-7-19(20)18-10-9-17(25)12-15(18)13-21(26)24-16-6-4-5-14(11-16)22(23)27/h2-12H,13H2,1H3,(H2,23,27)(H,24,26). The highest BCUT2D eigenvalue weighted by Crippen LogP contribution is 2.32. The van der Waals surface area contributed by atoms with Gasteiger partial charge in [-0.3, -0.25) is 14.7 Å². The van der Waals surface area contributed by atoms with Crippen LogP contribution in [0, 0.1) is 0 Å². The summed E-state index contributed by atoms with van der Waals surface area (Å²) in [4.78, 5) is 24.0. The van der Waals surface area contributed by atoms with Crippen LogP contribution < -0.4 is 11.1 Å². The highest BCUT2D eigenvalue weighted by Gasteiger charge is 2.18. The van der Waals surface area contributed by atoms with E-state index < -0.39 is 21.7 Å². The maximum Gasteiger partial charge on any atom is 0.248 e. The number of carbonyl (C=O) groups is 2. The summed E-state index contributed by atoms with van der Waals surface area (Å²) in [5.74, 6) is -1.35. The van der Waals surface area contributed by atoms with E-state index in [-0.39, 0.29) is 22.6 Å². The van der Waals surface area contributed by atoms with Gasteiger partial charge in [0.25, 0.3) is 0 Å². The molecule has 0 atom stereocenters. The van der Waals surface area contributed by atoms with E-state index in [9.17, 15) is 23.1 Å². The topological polar surface area (TPSA) is 126 Å². The number of hydrogen-bond acceptors (Lipinski definition) is 4. The minimum atomic E-state index is -3.52. The number of amides is 2. The summed E-state index contributed by atoms with van der Waals surface area (Å²) in [6.45, 7) is 0. The molecule has 7 nitrogen and oxygen atoms in total. The summed E-state index contributed by atoms with van der Waals surface area (Å²) in [7, 11) is -3.52. The third-order valence-electron chi connectivity index (χ3n) is 4.44. The number of benzene rings is 3. The zero-order valence-corrected chi connectivity index (χ0v) is 16.9. The summed E-state index contributed by atoms with van der Waals surface area (Å²) >= 11 is 0. The Morgan fingerprint density at radius 2 is 1.67 bits per heavy atom. The molecule has 0 heterocycles. The largest absolute Gasteiger partial charge is 0.366 e. The maximum absolute atomic E-state index is 12.6. The lowest BCUT2D eigenvalue weighted by atomic mass is 9.97. The first kappa shape index (κ1) is 21.1. The zero-order valence-electron chi connectivity index (χ0n) is 16.1. The van der Waals surface area contributed by atoms with Crippen molar-refractivity contribution in [2.45, 2.75) is 11.3 Å². The predicted molar refractivity (Wildman–Crippen MR) is 112 cm³/mol. The molecule has 153 valence electrons. The van der Waals surface area contributed by atoms with E-state index in [2.05, 4.69) is 5.32 Å². The third kappa shape index (κ3) is 4.84. The monoisotopic (exact) mass is 423 g/mol. The van der Waals surface area contributed by atoms with Crippen molar-refractivity contribution < 1.29 is 23.1 Å². The number of rotatable bonds is 6. The molecule has 0 aliphatic rings. The second-order valence-electron chi connectivity index (χ2n) is 6.76. The molecule has 0 bridgehead atoms. The predicted octanol–water partition coefficient (Wildman–Crippen LogP) is 3.18. The molecule has 30 heavy (non-hydrogen) atoms. The summed E-state index contributed by atoms with van der Waals surface area (Å²) in [5.41, 5.74) is 7.17. The van der Waals surface area contributed by atoms with Crippen LogP contribution in [-0.2, 0) is 26.2 Å². The second-order valence-corrected chi connectivity index (χ2v) is 8.74. The number of carbonyl (C=O) groups excluding carboxylic acids is 2. The molecule has 2 amide bonds. The molecule has 0 aromatic heterocycles. The van der Waals surface area contributed by atoms with Crippen LogP contribution in [0.1, 0.15) is 15.9 Å². The van der Waals surface area contributed by atoms with E-state index >= 15 is 0 Å². The number of sulfone groups is 1. The van der Waals surface area contributed by atoms with Crippen LogP contribution in [0.3, 0.4) is 0 Å². The van der Waals surface area contributed by atoms with E-state index in [1.54, 1.807) is 30.3 Å². The van der Waals surface area contributed by atoms with E-state index in [1.165, 1.54) is 36.4 Å². The number of nitrogens with two attached hydrogens (primary N) is 1. The van der Waals surface area contributed by atoms with Gasteiger partial charge in [-0.1, -0.05) is 30.3 Å². The number of nitrogens with one attached hydrogen (secondary N) is 1. The summed E-state index contributed by atoms with van der Waals surface area (Å²) < 4.78 is 24.4. The smallest absolute Gasteiger partial charge is 0.248 e. The van der Waals surface area contributed by atoms with Gasteiger partial charge in [0.05, 0.1) is 11.3 Å². The van der Waals surface area contributed by atoms with Crippen LogP contribution in [-0.4, -0.2) is 26.5 Å². The lowest BCUT2D eigenvalue weighted by Gasteiger charge is -2.13. The third-order valence-corrected chi connectivity index (χ3v) is 5.59. The van der Waals surface area contributed by atoms with Crippen LogP contribution in [0.15, 0.2) is 71.6 Å². The Morgan fingerprint density at radius 1 is 0.933 bits per heavy atom. The van der Waals surface area contributed by atoms with Crippen molar-refractivity contribution in [2.75, 3.05) is 11.6 Å². The van der Waals surface area contributed by atoms with Crippen LogP contribution in [0.2, 0.25) is 0 Å². The SMILES string of the molecule is CS(=O)(=O)c1ccccc1-c1ccc([O])cc1CC(=O)Nc1cccc(C(N)=O)c1. The molecular weight excluding hydrogens is 404 g/mol. The van der Waals surface area contributed by atoms with Crippen molar-refractivity contribution in [3.63, 3.8) is 0 Å². The van der Waals surface area contributed by atoms with Crippen LogP contribution in [0.25, 0.3) is 11.1 Å². The quantitative estimate of drug-likeness (QED) is 0.631. The zero-order chi connectivity index (χ0) is 21.9. The van der Waals surface area contributed by atoms with E-state index in [4.69, 9.17) is 5.73 Å². The van der Waals surface area contributed by atoms with Gasteiger partial charge in [-0.2, -0.15) is 0 Å². The Kier molecular flexibility index (Phi) is 5.89. The summed E-state index contributed by atoms with van der Waals surface area (Å²) in [6.07, 6.45) is 0.941. The van der Waals surface area contributed by atoms with Gasteiger partial charge >= 0.3 is 0 Å². The fourth-order valence-electron chi connectivity index (χ4n) is 3.12. The molecule has 0 saturated carbocycles. The van der Waals surface area contributed by atoms with Gasteiger partial charge in [0.15, 0.2) is 15.6 Å². The molecule has 3 N–H and O–H groups in total. The van der Waals surface area contributed by atoms with Gasteiger partial charge < -0.3 is 11.1 Å². The van der Waals surface area contributed by atoms with Crippen LogP contribution >= 0.6 is 0 Å². The highest BCUT2D eigenvalue weighted by molar-refractivity contribution is 7.90. The molecule has 0 unspecified atom stereocenters. The number of hydrogen-bond donors (Lipinski definition) is 2. The van der Waals surface area contributed by atoms with Crippen molar-refractivity contribution in [2.24, 2.45) is 5.73 Å². The minimum absolute atomic E-state index is 0.111. The van der Waals surface area contributed by atoms with Crippen molar-refractivity contribution >= 4 is 27.3 Å². The Labute approximate surface area is 174 Å². The highest BCUT2D eigenvalue weighted by atomic mass is 32.2. The Morgan fingerprint density at radius 3 is 2.37 bits per heavy atom. The Balaban J connectivity index is 1.95. The fraction of sp³-hybridized carbons (Fsp3) is 0.0909. The molecule has 0 saturated heterocycles. The van der Waals surface area contributed by atoms with Crippen molar-refractivity contribution in [1.29, 1.82) is 0 Å². The van der Waals surface area contributed by atoms with Gasteiger partial charge in [0.2, 0.25) is 11.8 Å². The van der Waals surface area contributed by atoms with Crippen molar-refractivity contribution in [3.05, 3.63) is 77.9 Å². The lowest BCUT2D eigenvalue weighted by Crippen LogP contribution is -2.16. The van der Waals surface area contributed by atoms with Gasteiger partial charge in [-0.15, -0.1) is 0 Å². The molecule has 3 rings (SSSR count). The first-order valence-corrected chi connectivity index (χ1v) is 10.8. The molecule has 3 aromatic carbocycles. The van der Waals surface area contributed by atoms with Gasteiger partial charge in [-0.05, 0) is 47.5 Å². The van der Waals surface area contributed by atoms with Gasteiger partial charge in [0.1, 0.15) is 0 Å². The van der Waals surface area contributed by atoms with Crippen LogP contribution in [0.5, 0.6) is 5.75 Å². The van der Waals surface area contributed by atoms with Crippen molar-refractivity contribution in [1.82, 2.24) is 0 Å². The maximum atomic E-state index is 12.6. The van der Waals surface area contributed by atoms with Crippen molar-refractivity contribution in [3.8, 4) is 16.9 Å². The van der Waals surface area contributed by atoms with E-state index in [0.29, 0.717) is 22.4 Å². The average Bonchev–Trinajstić information content (AvgIpc) is 2.67. The van der Waals surface area contributed by atoms with E-state index in [1.807, 2.05) is 0 Å². The van der Waals surface area contributed by atoms with Gasteiger partial charge in [-0.25, -0.2) is 8.42 Å². The Bertz CT molecular complexity index is 1240. The lowest BCUT2D eigenvalue weighted by molar-refractivity contribution is -0.115. The average molecular weight is 423 g/mol. The number of anilines is 1. The van der Waals surface area contributed by atoms with E-state index in [0.717, 1.165) is 6.26 Å². The molecule has 0 aliphatic carbocycles. The molecule has 3 aromatic rings. The molecule has 8 heteroatoms. The van der Waals surface area contributed by atoms with Crippen LogP contribution in [0.4, 0.5) is 5.69 Å². The Hall–Kier alpha value is -3.65. The number of primary amides is 1. The summed E-state index contributed by atoms with van der Waals surface area (Å²) in [5, 5.41) is 14.6. The fourth-order valence-corrected chi connectivity index (χ4v) is 4.02. The minimum Gasteiger partial charge on any atom is -0.366 e. The second kappa shape index (κ2) is 8.38. The van der Waals surface area contributed by atoms with Gasteiger partial charge in [0, 0.05) is 23.1 Å². The molecular formula is C22H19N2O5S. The normalized spacial score (nSPS) is 11.1.